The average molecular weight is 622 g/mol. The zero-order valence-electron chi connectivity index (χ0n) is 21.4. The van der Waals surface area contributed by atoms with E-state index in [0.717, 1.165) is 23.0 Å². The summed E-state index contributed by atoms with van der Waals surface area (Å²) in [5.41, 5.74) is -6.00. The van der Waals surface area contributed by atoms with Crippen molar-refractivity contribution in [3.05, 3.63) is 80.4 Å². The lowest BCUT2D eigenvalue weighted by molar-refractivity contribution is -0.138. The van der Waals surface area contributed by atoms with Gasteiger partial charge in [0.2, 0.25) is 0 Å². The molecule has 1 aromatic carbocycles. The van der Waals surface area contributed by atoms with Crippen LogP contribution in [0.5, 0.6) is 0 Å². The molecule has 0 saturated heterocycles. The molecule has 9 nitrogen and oxygen atoms in total. The summed E-state index contributed by atoms with van der Waals surface area (Å²) in [7, 11) is 0. The molecule has 0 aliphatic rings. The molecule has 0 aliphatic heterocycles. The number of aromatic nitrogens is 5. The van der Waals surface area contributed by atoms with Crippen molar-refractivity contribution in [2.75, 3.05) is 11.9 Å². The third-order valence-corrected chi connectivity index (χ3v) is 6.18. The summed E-state index contributed by atoms with van der Waals surface area (Å²) in [6, 6.07) is 1.10. The number of aromatic amines is 1. The van der Waals surface area contributed by atoms with Gasteiger partial charge in [0, 0.05) is 31.2 Å². The molecule has 43 heavy (non-hydrogen) atoms. The first kappa shape index (κ1) is 31.5. The third kappa shape index (κ3) is 7.12. The van der Waals surface area contributed by atoms with Crippen LogP contribution in [0, 0.1) is 11.6 Å². The molecule has 4 rings (SSSR count). The fourth-order valence-electron chi connectivity index (χ4n) is 4.21. The van der Waals surface area contributed by atoms with Crippen LogP contribution in [0.25, 0.3) is 22.2 Å². The highest BCUT2D eigenvalue weighted by molar-refractivity contribution is 5.86. The van der Waals surface area contributed by atoms with Gasteiger partial charge in [0.25, 0.3) is 17.5 Å². The Morgan fingerprint density at radius 2 is 1.72 bits per heavy atom. The molecule has 1 unspecified atom stereocenters. The molecule has 0 amide bonds. The van der Waals surface area contributed by atoms with Crippen LogP contribution in [0.1, 0.15) is 30.4 Å². The Morgan fingerprint density at radius 3 is 2.35 bits per heavy atom. The van der Waals surface area contributed by atoms with Gasteiger partial charge in [0.05, 0.1) is 35.0 Å². The predicted molar refractivity (Wildman–Crippen MR) is 133 cm³/mol. The van der Waals surface area contributed by atoms with Crippen LogP contribution in [-0.4, -0.2) is 44.0 Å². The maximum Gasteiger partial charge on any atom is 0.423 e. The highest BCUT2D eigenvalue weighted by Gasteiger charge is 2.37. The number of nitrogens with zero attached hydrogens (tertiary/aromatic N) is 4. The lowest BCUT2D eigenvalue weighted by Crippen LogP contribution is -2.32. The predicted octanol–water partition coefficient (Wildman–Crippen LogP) is 5.28. The second kappa shape index (κ2) is 12.8. The average Bonchev–Trinajstić information content (AvgIpc) is 2.93. The summed E-state index contributed by atoms with van der Waals surface area (Å²) in [5.74, 6) is -3.46. The maximum atomic E-state index is 15.0. The van der Waals surface area contributed by atoms with Crippen LogP contribution in [0.3, 0.4) is 0 Å². The summed E-state index contributed by atoms with van der Waals surface area (Å²) in [5, 5.41) is 6.52. The van der Waals surface area contributed by atoms with Gasteiger partial charge in [-0.05, 0) is 30.4 Å². The van der Waals surface area contributed by atoms with Crippen molar-refractivity contribution in [2.45, 2.75) is 44.6 Å². The quantitative estimate of drug-likeness (QED) is 0.219. The first-order valence-corrected chi connectivity index (χ1v) is 12.2. The number of halogens is 9. The molecule has 230 valence electrons. The van der Waals surface area contributed by atoms with Gasteiger partial charge in [-0.25, -0.2) is 32.6 Å². The summed E-state index contributed by atoms with van der Waals surface area (Å²) in [4.78, 5) is 31.9. The van der Waals surface area contributed by atoms with E-state index in [4.69, 9.17) is 0 Å². The number of pyridine rings is 1. The number of fused-ring (bicyclic) bond motifs is 1. The third-order valence-electron chi connectivity index (χ3n) is 6.18. The van der Waals surface area contributed by atoms with Gasteiger partial charge in [-0.1, -0.05) is 0 Å². The standard InChI is InChI=1S/C25H19F9N6O3/c26-18-14(21-35-7-12(8-36-21)20(28)29)6-11-3-5-40(23(42)16(11)19(18)27)4-1-2-13(10-43-24(30)31)38-15-9-37-39-22(41)17(15)25(32,33)34/h3,5-9,13,20,24H,1-2,4,10H2,(H2,38,39,41). The van der Waals surface area contributed by atoms with Gasteiger partial charge in [-0.3, -0.25) is 9.59 Å². The minimum absolute atomic E-state index is 0.0554. The van der Waals surface area contributed by atoms with Crippen LogP contribution in [0.2, 0.25) is 0 Å². The number of nitrogens with one attached hydrogen (secondary N) is 2. The molecule has 4 aromatic rings. The van der Waals surface area contributed by atoms with E-state index in [1.165, 1.54) is 12.3 Å². The van der Waals surface area contributed by atoms with Gasteiger partial charge >= 0.3 is 12.8 Å². The Morgan fingerprint density at radius 1 is 1.02 bits per heavy atom. The van der Waals surface area contributed by atoms with Crippen molar-refractivity contribution in [3.63, 3.8) is 0 Å². The van der Waals surface area contributed by atoms with Gasteiger partial charge in [0.15, 0.2) is 17.5 Å². The number of anilines is 1. The number of alkyl halides is 7. The van der Waals surface area contributed by atoms with E-state index >= 15 is 4.39 Å². The van der Waals surface area contributed by atoms with E-state index in [1.54, 1.807) is 5.10 Å². The molecule has 1 atom stereocenters. The number of hydrogen-bond donors (Lipinski definition) is 2. The maximum absolute atomic E-state index is 15.0. The van der Waals surface area contributed by atoms with Gasteiger partial charge in [-0.2, -0.15) is 27.1 Å². The van der Waals surface area contributed by atoms with Crippen molar-refractivity contribution >= 4 is 16.5 Å². The summed E-state index contributed by atoms with van der Waals surface area (Å²) >= 11 is 0. The molecule has 3 aromatic heterocycles. The zero-order chi connectivity index (χ0) is 31.5. The Balaban J connectivity index is 1.56. The Hall–Kier alpha value is -4.48. The summed E-state index contributed by atoms with van der Waals surface area (Å²) < 4.78 is 126. The Kier molecular flexibility index (Phi) is 9.37. The molecule has 0 aliphatic carbocycles. The Bertz CT molecular complexity index is 1710. The topological polar surface area (TPSA) is 115 Å². The van der Waals surface area contributed by atoms with E-state index in [-0.39, 0.29) is 24.8 Å². The lowest BCUT2D eigenvalue weighted by atomic mass is 10.1. The monoisotopic (exact) mass is 622 g/mol. The molecule has 0 spiro atoms. The van der Waals surface area contributed by atoms with Crippen LogP contribution in [0.15, 0.2) is 46.5 Å². The normalized spacial score (nSPS) is 12.8. The van der Waals surface area contributed by atoms with Crippen molar-refractivity contribution in [1.29, 1.82) is 0 Å². The molecular weight excluding hydrogens is 603 g/mol. The molecule has 0 bridgehead atoms. The lowest BCUT2D eigenvalue weighted by Gasteiger charge is -2.22. The van der Waals surface area contributed by atoms with Gasteiger partial charge in [0.1, 0.15) is 5.56 Å². The minimum Gasteiger partial charge on any atom is -0.378 e. The van der Waals surface area contributed by atoms with E-state index < -0.39 is 88.2 Å². The van der Waals surface area contributed by atoms with Crippen LogP contribution in [0.4, 0.5) is 45.2 Å². The molecule has 0 saturated carbocycles. The molecule has 2 N–H and O–H groups in total. The number of rotatable bonds is 11. The van der Waals surface area contributed by atoms with E-state index in [9.17, 15) is 44.7 Å². The number of ether oxygens (including phenoxy) is 1. The smallest absolute Gasteiger partial charge is 0.378 e. The second-order valence-corrected chi connectivity index (χ2v) is 9.03. The fourth-order valence-corrected chi connectivity index (χ4v) is 4.21. The van der Waals surface area contributed by atoms with Crippen LogP contribution >= 0.6 is 0 Å². The fraction of sp³-hybridized carbons (Fsp3) is 0.320. The summed E-state index contributed by atoms with van der Waals surface area (Å²) in [6.07, 6.45) is -4.86. The highest BCUT2D eigenvalue weighted by atomic mass is 19.4. The van der Waals surface area contributed by atoms with E-state index in [0.29, 0.717) is 6.20 Å². The van der Waals surface area contributed by atoms with Crippen molar-refractivity contribution in [3.8, 4) is 11.4 Å². The number of aryl methyl sites for hydroxylation is 1. The first-order valence-electron chi connectivity index (χ1n) is 12.2. The van der Waals surface area contributed by atoms with Crippen LogP contribution < -0.4 is 16.4 Å². The zero-order valence-corrected chi connectivity index (χ0v) is 21.4. The summed E-state index contributed by atoms with van der Waals surface area (Å²) in [6.45, 7) is -4.26. The van der Waals surface area contributed by atoms with Crippen LogP contribution in [-0.2, 0) is 17.5 Å². The Labute approximate surface area is 234 Å². The number of benzene rings is 1. The molecule has 18 heteroatoms. The highest BCUT2D eigenvalue weighted by Crippen LogP contribution is 2.32. The largest absolute Gasteiger partial charge is 0.423 e. The van der Waals surface area contributed by atoms with Crippen molar-refractivity contribution < 1.29 is 44.3 Å². The van der Waals surface area contributed by atoms with E-state index in [1.807, 2.05) is 0 Å². The van der Waals surface area contributed by atoms with Gasteiger partial charge < -0.3 is 14.6 Å². The van der Waals surface area contributed by atoms with Gasteiger partial charge in [-0.15, -0.1) is 0 Å². The second-order valence-electron chi connectivity index (χ2n) is 9.03. The first-order chi connectivity index (χ1) is 20.3. The number of H-pyrrole nitrogens is 1. The molecular formula is C25H19F9N6O3. The SMILES string of the molecule is O=c1[nH]ncc(NC(CCCn2ccc3cc(-c4ncc(C(F)F)cn4)c(F)c(F)c3c2=O)COC(F)F)c1C(F)(F)F. The minimum atomic E-state index is -5.11. The van der Waals surface area contributed by atoms with Crippen molar-refractivity contribution in [2.24, 2.45) is 0 Å². The van der Waals surface area contributed by atoms with E-state index in [2.05, 4.69) is 25.1 Å². The number of hydrogen-bond acceptors (Lipinski definition) is 7. The molecule has 0 fully saturated rings. The molecule has 3 heterocycles. The van der Waals surface area contributed by atoms with Crippen molar-refractivity contribution in [1.82, 2.24) is 24.7 Å². The molecule has 0 radical (unpaired) electrons.